The van der Waals surface area contributed by atoms with Gasteiger partial charge in [-0.05, 0) is 0 Å². The first-order chi connectivity index (χ1) is 6.45. The first-order valence-corrected chi connectivity index (χ1v) is 3.72. The van der Waals surface area contributed by atoms with Crippen LogP contribution in [0.3, 0.4) is 0 Å². The molecule has 14 heavy (non-hydrogen) atoms. The fourth-order valence-corrected chi connectivity index (χ4v) is 0.811. The third kappa shape index (κ3) is 3.00. The van der Waals surface area contributed by atoms with E-state index in [2.05, 4.69) is 10.9 Å². The summed E-state index contributed by atoms with van der Waals surface area (Å²) in [6.07, 6.45) is -5.52. The molecule has 0 bridgehead atoms. The lowest BCUT2D eigenvalue weighted by molar-refractivity contribution is -0.130. The highest BCUT2D eigenvalue weighted by Gasteiger charge is 2.35. The Labute approximate surface area is 78.9 Å². The normalized spacial score (nSPS) is 19.4. The number of carbonyl (C=O) groups excluding carboxylic acids is 1. The van der Waals surface area contributed by atoms with Crippen molar-refractivity contribution in [3.63, 3.8) is 0 Å². The topological polar surface area (TPSA) is 153 Å². The summed E-state index contributed by atoms with van der Waals surface area (Å²) in [4.78, 5) is 20.6. The molecule has 8 heteroatoms. The number of rotatable bonds is 6. The highest BCUT2D eigenvalue weighted by Crippen LogP contribution is 2.08. The average molecular weight is 208 g/mol. The molecule has 82 valence electrons. The molecule has 0 aliphatic heterocycles. The van der Waals surface area contributed by atoms with Crippen LogP contribution in [0.1, 0.15) is 0 Å². The van der Waals surface area contributed by atoms with Crippen LogP contribution < -0.4 is 5.73 Å². The summed E-state index contributed by atoms with van der Waals surface area (Å²) in [5.41, 5.74) is 4.65. The van der Waals surface area contributed by atoms with Gasteiger partial charge in [-0.3, -0.25) is 4.79 Å². The fraction of sp³-hybridized carbons (Fsp3) is 0.833. The van der Waals surface area contributed by atoms with Gasteiger partial charge in [0.2, 0.25) is 5.91 Å². The number of hydrogen-bond acceptors (Lipinski definition) is 7. The fourth-order valence-electron chi connectivity index (χ4n) is 0.811. The Kier molecular flexibility index (Phi) is 5.16. The Hall–Kier alpha value is -1.09. The smallest absolute Gasteiger partial charge is 0.248 e. The molecule has 0 saturated heterocycles. The summed E-state index contributed by atoms with van der Waals surface area (Å²) < 4.78 is 0. The summed E-state index contributed by atoms with van der Waals surface area (Å²) >= 11 is 0. The lowest BCUT2D eigenvalue weighted by Crippen LogP contribution is -2.49. The highest BCUT2D eigenvalue weighted by atomic mass is 16.4. The number of nitroso groups, excluding NO2 is 1. The summed E-state index contributed by atoms with van der Waals surface area (Å²) in [5, 5.41) is 37.7. The van der Waals surface area contributed by atoms with Crippen LogP contribution >= 0.6 is 0 Å². The largest absolute Gasteiger partial charge is 0.394 e. The van der Waals surface area contributed by atoms with E-state index >= 15 is 0 Å². The number of nitrogens with two attached hydrogens (primary N) is 1. The van der Waals surface area contributed by atoms with Crippen LogP contribution in [0, 0.1) is 4.91 Å². The van der Waals surface area contributed by atoms with Crippen molar-refractivity contribution in [3.8, 4) is 0 Å². The molecule has 0 radical (unpaired) electrons. The van der Waals surface area contributed by atoms with Gasteiger partial charge in [-0.25, -0.2) is 0 Å². The van der Waals surface area contributed by atoms with Gasteiger partial charge in [0.25, 0.3) is 0 Å². The quantitative estimate of drug-likeness (QED) is 0.288. The maximum atomic E-state index is 10.4. The minimum Gasteiger partial charge on any atom is -0.394 e. The zero-order valence-electron chi connectivity index (χ0n) is 7.15. The molecule has 0 aliphatic carbocycles. The molecule has 4 unspecified atom stereocenters. The van der Waals surface area contributed by atoms with Crippen LogP contribution in [-0.4, -0.2) is 57.3 Å². The van der Waals surface area contributed by atoms with Crippen molar-refractivity contribution in [1.29, 1.82) is 0 Å². The molecule has 0 heterocycles. The molecule has 0 aromatic carbocycles. The molecule has 8 nitrogen and oxygen atoms in total. The number of aliphatic hydroxyl groups is 4. The Morgan fingerprint density at radius 2 is 1.86 bits per heavy atom. The van der Waals surface area contributed by atoms with Crippen LogP contribution in [0.25, 0.3) is 0 Å². The molecular weight excluding hydrogens is 196 g/mol. The van der Waals surface area contributed by atoms with Crippen molar-refractivity contribution < 1.29 is 25.2 Å². The van der Waals surface area contributed by atoms with Gasteiger partial charge >= 0.3 is 0 Å². The minimum atomic E-state index is -2.00. The molecule has 0 saturated carbocycles. The van der Waals surface area contributed by atoms with Crippen molar-refractivity contribution in [2.75, 3.05) is 6.61 Å². The van der Waals surface area contributed by atoms with Gasteiger partial charge in [0.1, 0.15) is 12.2 Å². The van der Waals surface area contributed by atoms with Crippen molar-refractivity contribution in [3.05, 3.63) is 4.91 Å². The number of aliphatic hydroxyl groups excluding tert-OH is 4. The van der Waals surface area contributed by atoms with E-state index in [0.29, 0.717) is 0 Å². The van der Waals surface area contributed by atoms with E-state index in [1.165, 1.54) is 0 Å². The predicted octanol–water partition coefficient (Wildman–Crippen LogP) is -3.32. The van der Waals surface area contributed by atoms with Crippen molar-refractivity contribution >= 4 is 5.91 Å². The molecule has 4 atom stereocenters. The molecule has 0 spiro atoms. The summed E-state index contributed by atoms with van der Waals surface area (Å²) in [6, 6.07) is -1.80. The number of carbonyl (C=O) groups is 1. The SMILES string of the molecule is NC(=O)C(O)C(N=O)C(O)C(O)CO. The molecule has 0 aromatic heterocycles. The van der Waals surface area contributed by atoms with Gasteiger partial charge in [-0.2, -0.15) is 4.91 Å². The van der Waals surface area contributed by atoms with Gasteiger partial charge in [0.05, 0.1) is 6.61 Å². The van der Waals surface area contributed by atoms with E-state index < -0.39 is 36.9 Å². The molecule has 6 N–H and O–H groups in total. The zero-order chi connectivity index (χ0) is 11.3. The maximum absolute atomic E-state index is 10.4. The highest BCUT2D eigenvalue weighted by molar-refractivity contribution is 5.79. The van der Waals surface area contributed by atoms with Crippen molar-refractivity contribution in [2.24, 2.45) is 10.9 Å². The van der Waals surface area contributed by atoms with E-state index in [9.17, 15) is 9.70 Å². The van der Waals surface area contributed by atoms with Crippen molar-refractivity contribution in [2.45, 2.75) is 24.4 Å². The summed E-state index contributed by atoms with van der Waals surface area (Å²) in [6.45, 7) is -0.835. The van der Waals surface area contributed by atoms with Gasteiger partial charge in [-0.1, -0.05) is 5.18 Å². The molecule has 0 rings (SSSR count). The summed E-state index contributed by atoms with van der Waals surface area (Å²) in [7, 11) is 0. The third-order valence-corrected chi connectivity index (χ3v) is 1.67. The first-order valence-electron chi connectivity index (χ1n) is 3.72. The molecule has 0 fully saturated rings. The number of nitrogens with zero attached hydrogens (tertiary/aromatic N) is 1. The van der Waals surface area contributed by atoms with E-state index in [-0.39, 0.29) is 0 Å². The molecule has 1 amide bonds. The predicted molar refractivity (Wildman–Crippen MR) is 43.9 cm³/mol. The van der Waals surface area contributed by atoms with Crippen molar-refractivity contribution in [1.82, 2.24) is 0 Å². The van der Waals surface area contributed by atoms with Gasteiger partial charge in [0, 0.05) is 0 Å². The second kappa shape index (κ2) is 5.60. The third-order valence-electron chi connectivity index (χ3n) is 1.67. The second-order valence-corrected chi connectivity index (χ2v) is 2.68. The van der Waals surface area contributed by atoms with Crippen LogP contribution in [0.4, 0.5) is 0 Å². The van der Waals surface area contributed by atoms with Gasteiger partial charge in [-0.15, -0.1) is 0 Å². The van der Waals surface area contributed by atoms with Gasteiger partial charge in [0.15, 0.2) is 12.1 Å². The lowest BCUT2D eigenvalue weighted by Gasteiger charge is -2.22. The number of primary amides is 1. The van der Waals surface area contributed by atoms with Crippen LogP contribution in [0.5, 0.6) is 0 Å². The maximum Gasteiger partial charge on any atom is 0.248 e. The minimum absolute atomic E-state index is 0.835. The lowest BCUT2D eigenvalue weighted by atomic mass is 10.0. The monoisotopic (exact) mass is 208 g/mol. The van der Waals surface area contributed by atoms with Crippen LogP contribution in [0.15, 0.2) is 5.18 Å². The standard InChI is InChI=1S/C6H12N2O6/c7-6(13)5(12)3(8-14)4(11)2(10)1-9/h2-5,9-12H,1H2,(H2,7,13). The summed E-state index contributed by atoms with van der Waals surface area (Å²) in [5.74, 6) is -1.25. The number of amides is 1. The number of hydrogen-bond donors (Lipinski definition) is 5. The Morgan fingerprint density at radius 1 is 1.36 bits per heavy atom. The average Bonchev–Trinajstić information content (AvgIpc) is 2.17. The molecule has 0 aromatic rings. The Balaban J connectivity index is 4.54. The molecule has 0 aliphatic rings. The Bertz CT molecular complexity index is 210. The van der Waals surface area contributed by atoms with E-state index in [1.54, 1.807) is 0 Å². The van der Waals surface area contributed by atoms with Crippen LogP contribution in [0.2, 0.25) is 0 Å². The van der Waals surface area contributed by atoms with E-state index in [1.807, 2.05) is 0 Å². The van der Waals surface area contributed by atoms with Crippen LogP contribution in [-0.2, 0) is 4.79 Å². The molecular formula is C6H12N2O6. The van der Waals surface area contributed by atoms with E-state index in [0.717, 1.165) is 0 Å². The first kappa shape index (κ1) is 12.9. The second-order valence-electron chi connectivity index (χ2n) is 2.68. The van der Waals surface area contributed by atoms with E-state index in [4.69, 9.17) is 20.4 Å². The zero-order valence-corrected chi connectivity index (χ0v) is 7.15. The van der Waals surface area contributed by atoms with Gasteiger partial charge < -0.3 is 26.2 Å². The Morgan fingerprint density at radius 3 is 2.14 bits per heavy atom.